The van der Waals surface area contributed by atoms with Gasteiger partial charge in [-0.15, -0.1) is 0 Å². The lowest BCUT2D eigenvalue weighted by atomic mass is 10.0. The molecule has 1 atom stereocenters. The van der Waals surface area contributed by atoms with E-state index in [-0.39, 0.29) is 0 Å². The molecule has 0 heterocycles. The van der Waals surface area contributed by atoms with Crippen LogP contribution in [0.15, 0.2) is 18.2 Å². The first-order chi connectivity index (χ1) is 8.49. The maximum Gasteiger partial charge on any atom is 0.0642 e. The molecule has 1 aromatic carbocycles. The zero-order valence-electron chi connectivity index (χ0n) is 12.1. The van der Waals surface area contributed by atoms with Gasteiger partial charge in [0, 0.05) is 19.6 Å². The van der Waals surface area contributed by atoms with Crippen LogP contribution in [0.5, 0.6) is 0 Å². The van der Waals surface area contributed by atoms with Crippen LogP contribution in [0.4, 0.5) is 5.69 Å². The number of rotatable bonds is 6. The molecule has 0 spiro atoms. The van der Waals surface area contributed by atoms with Gasteiger partial charge in [0.2, 0.25) is 0 Å². The van der Waals surface area contributed by atoms with E-state index in [0.29, 0.717) is 12.0 Å². The van der Waals surface area contributed by atoms with E-state index in [2.05, 4.69) is 51.0 Å². The van der Waals surface area contributed by atoms with E-state index in [1.807, 2.05) is 12.1 Å². The third-order valence-corrected chi connectivity index (χ3v) is 3.87. The number of halogens is 1. The molecular weight excluding hydrogens is 244 g/mol. The van der Waals surface area contributed by atoms with E-state index in [1.54, 1.807) is 0 Å². The Morgan fingerprint density at radius 1 is 1.28 bits per heavy atom. The predicted octanol–water partition coefficient (Wildman–Crippen LogP) is 3.93. The summed E-state index contributed by atoms with van der Waals surface area (Å²) < 4.78 is 0. The van der Waals surface area contributed by atoms with Crippen LogP contribution in [0.3, 0.4) is 0 Å². The summed E-state index contributed by atoms with van der Waals surface area (Å²) in [5, 5.41) is 4.20. The zero-order valence-corrected chi connectivity index (χ0v) is 12.9. The Bertz CT molecular complexity index is 377. The highest BCUT2D eigenvalue weighted by Crippen LogP contribution is 2.31. The van der Waals surface area contributed by atoms with Crippen LogP contribution in [0, 0.1) is 5.92 Å². The number of anilines is 1. The Morgan fingerprint density at radius 2 is 1.94 bits per heavy atom. The van der Waals surface area contributed by atoms with Crippen LogP contribution >= 0.6 is 11.6 Å². The summed E-state index contributed by atoms with van der Waals surface area (Å²) >= 11 is 6.38. The minimum absolute atomic E-state index is 0.463. The highest BCUT2D eigenvalue weighted by Gasteiger charge is 2.18. The first-order valence-corrected chi connectivity index (χ1v) is 7.07. The third kappa shape index (κ3) is 3.63. The van der Waals surface area contributed by atoms with E-state index < -0.39 is 0 Å². The molecule has 1 rings (SSSR count). The van der Waals surface area contributed by atoms with Crippen LogP contribution in [0.2, 0.25) is 5.02 Å². The molecule has 2 nitrogen and oxygen atoms in total. The molecule has 1 N–H and O–H groups in total. The van der Waals surface area contributed by atoms with E-state index in [1.165, 1.54) is 5.56 Å². The minimum Gasteiger partial charge on any atom is -0.370 e. The van der Waals surface area contributed by atoms with Crippen molar-refractivity contribution in [2.45, 2.75) is 40.3 Å². The molecule has 18 heavy (non-hydrogen) atoms. The van der Waals surface area contributed by atoms with E-state index in [9.17, 15) is 0 Å². The van der Waals surface area contributed by atoms with Gasteiger partial charge in [-0.25, -0.2) is 0 Å². The van der Waals surface area contributed by atoms with Gasteiger partial charge in [-0.2, -0.15) is 0 Å². The molecule has 0 aromatic heterocycles. The second kappa shape index (κ2) is 7.01. The van der Waals surface area contributed by atoms with Crippen LogP contribution in [-0.4, -0.2) is 19.6 Å². The second-order valence-corrected chi connectivity index (χ2v) is 5.53. The molecule has 0 aliphatic carbocycles. The quantitative estimate of drug-likeness (QED) is 0.841. The summed E-state index contributed by atoms with van der Waals surface area (Å²) in [6, 6.07) is 6.60. The highest BCUT2D eigenvalue weighted by molar-refractivity contribution is 6.33. The van der Waals surface area contributed by atoms with Crippen molar-refractivity contribution in [3.63, 3.8) is 0 Å². The fourth-order valence-electron chi connectivity index (χ4n) is 2.01. The van der Waals surface area contributed by atoms with Gasteiger partial charge in [0.15, 0.2) is 0 Å². The predicted molar refractivity (Wildman–Crippen MR) is 81.5 cm³/mol. The Hall–Kier alpha value is -0.730. The topological polar surface area (TPSA) is 15.3 Å². The fraction of sp³-hybridized carbons (Fsp3) is 0.600. The highest BCUT2D eigenvalue weighted by atomic mass is 35.5. The van der Waals surface area contributed by atoms with Gasteiger partial charge >= 0.3 is 0 Å². The van der Waals surface area contributed by atoms with Crippen LogP contribution in [-0.2, 0) is 6.54 Å². The van der Waals surface area contributed by atoms with Crippen molar-refractivity contribution in [1.29, 1.82) is 0 Å². The summed E-state index contributed by atoms with van der Waals surface area (Å²) in [4.78, 5) is 2.29. The van der Waals surface area contributed by atoms with Crippen molar-refractivity contribution in [1.82, 2.24) is 5.32 Å². The normalized spacial score (nSPS) is 12.8. The summed E-state index contributed by atoms with van der Waals surface area (Å²) in [5.41, 5.74) is 2.42. The van der Waals surface area contributed by atoms with Gasteiger partial charge < -0.3 is 10.2 Å². The van der Waals surface area contributed by atoms with Crippen molar-refractivity contribution in [2.24, 2.45) is 5.92 Å². The van der Waals surface area contributed by atoms with Crippen LogP contribution < -0.4 is 10.2 Å². The van der Waals surface area contributed by atoms with E-state index >= 15 is 0 Å². The van der Waals surface area contributed by atoms with Crippen molar-refractivity contribution >= 4 is 17.3 Å². The average molecular weight is 269 g/mol. The molecule has 0 saturated heterocycles. The van der Waals surface area contributed by atoms with Crippen LogP contribution in [0.1, 0.15) is 33.3 Å². The van der Waals surface area contributed by atoms with Gasteiger partial charge in [0.05, 0.1) is 10.7 Å². The van der Waals surface area contributed by atoms with Crippen molar-refractivity contribution < 1.29 is 0 Å². The SMILES string of the molecule is CCNCc1cccc(Cl)c1N(C)C(C)C(C)C. The number of nitrogens with one attached hydrogen (secondary N) is 1. The first-order valence-electron chi connectivity index (χ1n) is 6.70. The smallest absolute Gasteiger partial charge is 0.0642 e. The van der Waals surface area contributed by atoms with Crippen molar-refractivity contribution in [3.8, 4) is 0 Å². The van der Waals surface area contributed by atoms with Gasteiger partial charge in [-0.3, -0.25) is 0 Å². The molecule has 1 unspecified atom stereocenters. The summed E-state index contributed by atoms with van der Waals surface area (Å²) in [5.74, 6) is 0.596. The fourth-order valence-corrected chi connectivity index (χ4v) is 2.34. The van der Waals surface area contributed by atoms with Gasteiger partial charge in [0.25, 0.3) is 0 Å². The largest absolute Gasteiger partial charge is 0.370 e. The molecule has 0 saturated carbocycles. The average Bonchev–Trinajstić information content (AvgIpc) is 2.34. The van der Waals surface area contributed by atoms with E-state index in [4.69, 9.17) is 11.6 Å². The van der Waals surface area contributed by atoms with Crippen molar-refractivity contribution in [3.05, 3.63) is 28.8 Å². The molecule has 0 radical (unpaired) electrons. The molecule has 0 aliphatic heterocycles. The van der Waals surface area contributed by atoms with Gasteiger partial charge in [-0.1, -0.05) is 44.5 Å². The van der Waals surface area contributed by atoms with Crippen molar-refractivity contribution in [2.75, 3.05) is 18.5 Å². The Morgan fingerprint density at radius 3 is 2.50 bits per heavy atom. The number of hydrogen-bond acceptors (Lipinski definition) is 2. The van der Waals surface area contributed by atoms with Gasteiger partial charge in [0.1, 0.15) is 0 Å². The third-order valence-electron chi connectivity index (χ3n) is 3.56. The summed E-state index contributed by atoms with van der Waals surface area (Å²) in [6.07, 6.45) is 0. The Balaban J connectivity index is 3.04. The summed E-state index contributed by atoms with van der Waals surface area (Å²) in [6.45, 7) is 10.7. The standard InChI is InChI=1S/C15H25ClN2/c1-6-17-10-13-8-7-9-14(16)15(13)18(5)12(4)11(2)3/h7-9,11-12,17H,6,10H2,1-5H3. The van der Waals surface area contributed by atoms with E-state index in [0.717, 1.165) is 23.8 Å². The molecule has 0 aliphatic rings. The maximum absolute atomic E-state index is 6.38. The minimum atomic E-state index is 0.463. The lowest BCUT2D eigenvalue weighted by Crippen LogP contribution is -2.34. The summed E-state index contributed by atoms with van der Waals surface area (Å²) in [7, 11) is 2.13. The maximum atomic E-state index is 6.38. The molecular formula is C15H25ClN2. The Kier molecular flexibility index (Phi) is 5.97. The zero-order chi connectivity index (χ0) is 13.7. The first kappa shape index (κ1) is 15.3. The molecule has 1 aromatic rings. The molecule has 102 valence electrons. The molecule has 3 heteroatoms. The Labute approximate surface area is 116 Å². The number of benzene rings is 1. The number of para-hydroxylation sites is 1. The monoisotopic (exact) mass is 268 g/mol. The number of hydrogen-bond donors (Lipinski definition) is 1. The lowest BCUT2D eigenvalue weighted by Gasteiger charge is -2.32. The molecule has 0 bridgehead atoms. The van der Waals surface area contributed by atoms with Crippen LogP contribution in [0.25, 0.3) is 0 Å². The molecule has 0 fully saturated rings. The number of nitrogens with zero attached hydrogens (tertiary/aromatic N) is 1. The van der Waals surface area contributed by atoms with Gasteiger partial charge in [-0.05, 0) is 31.0 Å². The molecule has 0 amide bonds. The lowest BCUT2D eigenvalue weighted by molar-refractivity contribution is 0.504. The second-order valence-electron chi connectivity index (χ2n) is 5.12.